The maximum atomic E-state index is 12.3. The van der Waals surface area contributed by atoms with Crippen molar-refractivity contribution < 1.29 is 8.42 Å². The minimum atomic E-state index is -3.45. The average molecular weight is 424 g/mol. The van der Waals surface area contributed by atoms with Crippen LogP contribution in [0.4, 0.5) is 5.69 Å². The van der Waals surface area contributed by atoms with Gasteiger partial charge < -0.3 is 4.90 Å². The molecule has 134 valence electrons. The van der Waals surface area contributed by atoms with Crippen molar-refractivity contribution in [1.29, 1.82) is 0 Å². The van der Waals surface area contributed by atoms with Crippen LogP contribution in [0.3, 0.4) is 0 Å². The fraction of sp³-hybridized carbons (Fsp3) is 0.333. The van der Waals surface area contributed by atoms with E-state index in [-0.39, 0.29) is 4.90 Å². The number of hydrogen-bond acceptors (Lipinski definition) is 4. The largest absolute Gasteiger partial charge is 0.369 e. The lowest BCUT2D eigenvalue weighted by molar-refractivity contribution is 0.262. The predicted molar refractivity (Wildman–Crippen MR) is 104 cm³/mol. The molecule has 0 spiro atoms. The van der Waals surface area contributed by atoms with Gasteiger partial charge in [0.05, 0.1) is 4.90 Å². The predicted octanol–water partition coefficient (Wildman–Crippen LogP) is 2.55. The molecule has 1 fully saturated rings. The molecular weight excluding hydrogens is 402 g/mol. The molecule has 0 radical (unpaired) electrons. The van der Waals surface area contributed by atoms with E-state index < -0.39 is 10.0 Å². The van der Waals surface area contributed by atoms with Gasteiger partial charge in [-0.05, 0) is 30.3 Å². The van der Waals surface area contributed by atoms with E-state index in [2.05, 4.69) is 54.7 Å². The number of nitrogens with zero attached hydrogens (tertiary/aromatic N) is 2. The molecule has 2 aromatic rings. The normalized spacial score (nSPS) is 16.1. The summed E-state index contributed by atoms with van der Waals surface area (Å²) in [5.41, 5.74) is 1.25. The molecule has 0 aliphatic carbocycles. The maximum Gasteiger partial charge on any atom is 0.240 e. The Labute approximate surface area is 157 Å². The third-order valence-electron chi connectivity index (χ3n) is 4.32. The van der Waals surface area contributed by atoms with Gasteiger partial charge in [-0.3, -0.25) is 4.90 Å². The molecule has 1 aliphatic rings. The first kappa shape index (κ1) is 18.4. The summed E-state index contributed by atoms with van der Waals surface area (Å²) in [6.45, 7) is 4.93. The monoisotopic (exact) mass is 423 g/mol. The molecule has 25 heavy (non-hydrogen) atoms. The Bertz CT molecular complexity index is 791. The zero-order valence-corrected chi connectivity index (χ0v) is 16.3. The van der Waals surface area contributed by atoms with Gasteiger partial charge in [0.1, 0.15) is 0 Å². The lowest BCUT2D eigenvalue weighted by atomic mass is 10.2. The van der Waals surface area contributed by atoms with E-state index >= 15 is 0 Å². The minimum Gasteiger partial charge on any atom is -0.369 e. The van der Waals surface area contributed by atoms with Crippen molar-refractivity contribution in [2.24, 2.45) is 0 Å². The van der Waals surface area contributed by atoms with Crippen LogP contribution in [0, 0.1) is 0 Å². The highest BCUT2D eigenvalue weighted by molar-refractivity contribution is 9.10. The van der Waals surface area contributed by atoms with Gasteiger partial charge in [0, 0.05) is 49.4 Å². The van der Waals surface area contributed by atoms with Gasteiger partial charge in [-0.15, -0.1) is 0 Å². The summed E-state index contributed by atoms with van der Waals surface area (Å²) < 4.78 is 28.1. The van der Waals surface area contributed by atoms with E-state index in [9.17, 15) is 8.42 Å². The van der Waals surface area contributed by atoms with Gasteiger partial charge in [-0.2, -0.15) is 0 Å². The lowest BCUT2D eigenvalue weighted by Crippen LogP contribution is -2.48. The van der Waals surface area contributed by atoms with Crippen molar-refractivity contribution >= 4 is 31.6 Å². The number of hydrogen-bond donors (Lipinski definition) is 1. The summed E-state index contributed by atoms with van der Waals surface area (Å²) in [4.78, 5) is 4.95. The van der Waals surface area contributed by atoms with Crippen LogP contribution in [0.5, 0.6) is 0 Å². The Morgan fingerprint density at radius 1 is 0.960 bits per heavy atom. The Morgan fingerprint density at radius 2 is 1.68 bits per heavy atom. The van der Waals surface area contributed by atoms with Gasteiger partial charge in [0.15, 0.2) is 0 Å². The van der Waals surface area contributed by atoms with Crippen molar-refractivity contribution in [3.63, 3.8) is 0 Å². The molecule has 0 bridgehead atoms. The Balaban J connectivity index is 1.46. The first-order chi connectivity index (χ1) is 12.0. The molecule has 0 unspecified atom stereocenters. The first-order valence-electron chi connectivity index (χ1n) is 8.32. The van der Waals surface area contributed by atoms with Crippen LogP contribution >= 0.6 is 15.9 Å². The standard InChI is InChI=1S/C18H22BrN3O2S/c19-16-5-4-8-18(15-16)25(23,24)20-9-10-21-11-13-22(14-12-21)17-6-2-1-3-7-17/h1-8,15,20H,9-14H2. The van der Waals surface area contributed by atoms with E-state index in [0.717, 1.165) is 37.2 Å². The van der Waals surface area contributed by atoms with Crippen LogP contribution in [0.15, 0.2) is 64.0 Å². The van der Waals surface area contributed by atoms with Gasteiger partial charge >= 0.3 is 0 Å². The van der Waals surface area contributed by atoms with E-state index in [0.29, 0.717) is 6.54 Å². The number of nitrogens with one attached hydrogen (secondary N) is 1. The fourth-order valence-electron chi connectivity index (χ4n) is 2.92. The van der Waals surface area contributed by atoms with E-state index in [1.165, 1.54) is 5.69 Å². The molecular formula is C18H22BrN3O2S. The molecule has 1 saturated heterocycles. The summed E-state index contributed by atoms with van der Waals surface area (Å²) >= 11 is 3.31. The number of halogens is 1. The van der Waals surface area contributed by atoms with Crippen LogP contribution < -0.4 is 9.62 Å². The van der Waals surface area contributed by atoms with Gasteiger partial charge in [0.25, 0.3) is 0 Å². The molecule has 0 atom stereocenters. The summed E-state index contributed by atoms with van der Waals surface area (Å²) in [6, 6.07) is 17.1. The second-order valence-corrected chi connectivity index (χ2v) is 8.70. The van der Waals surface area contributed by atoms with Crippen molar-refractivity contribution in [1.82, 2.24) is 9.62 Å². The quantitative estimate of drug-likeness (QED) is 0.775. The number of anilines is 1. The number of sulfonamides is 1. The number of benzene rings is 2. The number of piperazine rings is 1. The van der Waals surface area contributed by atoms with Crippen LogP contribution in [0.25, 0.3) is 0 Å². The van der Waals surface area contributed by atoms with Gasteiger partial charge in [0.2, 0.25) is 10.0 Å². The lowest BCUT2D eigenvalue weighted by Gasteiger charge is -2.36. The van der Waals surface area contributed by atoms with E-state index in [4.69, 9.17) is 0 Å². The maximum absolute atomic E-state index is 12.3. The van der Waals surface area contributed by atoms with Crippen molar-refractivity contribution in [3.05, 3.63) is 59.1 Å². The third kappa shape index (κ3) is 5.04. The summed E-state index contributed by atoms with van der Waals surface area (Å²) in [6.07, 6.45) is 0. The molecule has 0 amide bonds. The Hall–Kier alpha value is -1.41. The second-order valence-electron chi connectivity index (χ2n) is 6.02. The zero-order chi connectivity index (χ0) is 17.7. The highest BCUT2D eigenvalue weighted by atomic mass is 79.9. The molecule has 1 aliphatic heterocycles. The summed E-state index contributed by atoms with van der Waals surface area (Å²) in [7, 11) is -3.45. The zero-order valence-electron chi connectivity index (χ0n) is 13.9. The number of para-hydroxylation sites is 1. The van der Waals surface area contributed by atoms with Crippen molar-refractivity contribution in [3.8, 4) is 0 Å². The first-order valence-corrected chi connectivity index (χ1v) is 10.6. The third-order valence-corrected chi connectivity index (χ3v) is 6.27. The van der Waals surface area contributed by atoms with Crippen LogP contribution in [-0.4, -0.2) is 52.6 Å². The van der Waals surface area contributed by atoms with Gasteiger partial charge in [-0.1, -0.05) is 40.2 Å². The van der Waals surface area contributed by atoms with Gasteiger partial charge in [-0.25, -0.2) is 13.1 Å². The topological polar surface area (TPSA) is 52.7 Å². The molecule has 7 heteroatoms. The Kier molecular flexibility index (Phi) is 6.11. The SMILES string of the molecule is O=S(=O)(NCCN1CCN(c2ccccc2)CC1)c1cccc(Br)c1. The van der Waals surface area contributed by atoms with Crippen LogP contribution in [0.1, 0.15) is 0 Å². The van der Waals surface area contributed by atoms with E-state index in [1.807, 2.05) is 12.1 Å². The molecule has 0 saturated carbocycles. The van der Waals surface area contributed by atoms with Crippen molar-refractivity contribution in [2.75, 3.05) is 44.2 Å². The number of rotatable bonds is 6. The molecule has 0 aromatic heterocycles. The smallest absolute Gasteiger partial charge is 0.240 e. The fourth-order valence-corrected chi connectivity index (χ4v) is 4.54. The minimum absolute atomic E-state index is 0.288. The Morgan fingerprint density at radius 3 is 2.36 bits per heavy atom. The second kappa shape index (κ2) is 8.31. The molecule has 3 rings (SSSR count). The molecule has 2 aromatic carbocycles. The van der Waals surface area contributed by atoms with Crippen LogP contribution in [0.2, 0.25) is 0 Å². The summed E-state index contributed by atoms with van der Waals surface area (Å²) in [5, 5.41) is 0. The van der Waals surface area contributed by atoms with Crippen molar-refractivity contribution in [2.45, 2.75) is 4.90 Å². The molecule has 5 nitrogen and oxygen atoms in total. The molecule has 1 heterocycles. The highest BCUT2D eigenvalue weighted by Crippen LogP contribution is 2.16. The van der Waals surface area contributed by atoms with Crippen LogP contribution in [-0.2, 0) is 10.0 Å². The van der Waals surface area contributed by atoms with E-state index in [1.54, 1.807) is 18.2 Å². The summed E-state index contributed by atoms with van der Waals surface area (Å²) in [5.74, 6) is 0. The highest BCUT2D eigenvalue weighted by Gasteiger charge is 2.18. The average Bonchev–Trinajstić information content (AvgIpc) is 2.63. The molecule has 1 N–H and O–H groups in total.